The summed E-state index contributed by atoms with van der Waals surface area (Å²) >= 11 is 0. The number of rotatable bonds is 3. The van der Waals surface area contributed by atoms with E-state index in [4.69, 9.17) is 14.8 Å². The molecule has 0 radical (unpaired) electrons. The molecule has 0 spiro atoms. The van der Waals surface area contributed by atoms with Gasteiger partial charge in [-0.25, -0.2) is 0 Å². The Morgan fingerprint density at radius 1 is 1.29 bits per heavy atom. The van der Waals surface area contributed by atoms with Crippen LogP contribution >= 0.6 is 0 Å². The Labute approximate surface area is 101 Å². The minimum Gasteiger partial charge on any atom is -0.423 e. The van der Waals surface area contributed by atoms with Crippen LogP contribution in [0.4, 0.5) is 0 Å². The zero-order valence-electron chi connectivity index (χ0n) is 9.62. The van der Waals surface area contributed by atoms with Gasteiger partial charge in [0.25, 0.3) is 0 Å². The van der Waals surface area contributed by atoms with Gasteiger partial charge in [-0.05, 0) is 17.4 Å². The van der Waals surface area contributed by atoms with Crippen molar-refractivity contribution in [3.8, 4) is 0 Å². The normalized spacial score (nSPS) is 27.6. The van der Waals surface area contributed by atoms with E-state index in [0.29, 0.717) is 17.6 Å². The third-order valence-corrected chi connectivity index (χ3v) is 3.68. The summed E-state index contributed by atoms with van der Waals surface area (Å²) in [4.78, 5) is 2.44. The van der Waals surface area contributed by atoms with Crippen molar-refractivity contribution in [2.45, 2.75) is 25.1 Å². The highest BCUT2D eigenvalue weighted by Gasteiger charge is 2.38. The number of ether oxygens (including phenoxy) is 1. The van der Waals surface area contributed by atoms with Crippen LogP contribution in [0.1, 0.15) is 12.0 Å². The minimum absolute atomic E-state index is 0.429. The van der Waals surface area contributed by atoms with Crippen LogP contribution in [0, 0.1) is 0 Å². The number of morpholine rings is 1. The molecule has 90 valence electrons. The lowest BCUT2D eigenvalue weighted by Crippen LogP contribution is -2.36. The molecule has 5 heteroatoms. The van der Waals surface area contributed by atoms with Gasteiger partial charge in [-0.1, -0.05) is 24.3 Å². The standard InChI is InChI=1S/C12H16BNO3/c15-13(16)10-3-1-9(2-4-10)6-14-7-12-5-11(14)8-17-12/h1-4,11-12,15-16H,5-8H2/t11-,12-/m1/s1. The average molecular weight is 233 g/mol. The van der Waals surface area contributed by atoms with Gasteiger partial charge in [0.1, 0.15) is 0 Å². The van der Waals surface area contributed by atoms with Gasteiger partial charge in [0.2, 0.25) is 0 Å². The number of nitrogens with zero attached hydrogens (tertiary/aromatic N) is 1. The third-order valence-electron chi connectivity index (χ3n) is 3.68. The Morgan fingerprint density at radius 3 is 2.59 bits per heavy atom. The van der Waals surface area contributed by atoms with Crippen LogP contribution in [0.15, 0.2) is 24.3 Å². The molecule has 17 heavy (non-hydrogen) atoms. The fraction of sp³-hybridized carbons (Fsp3) is 0.500. The van der Waals surface area contributed by atoms with E-state index >= 15 is 0 Å². The SMILES string of the molecule is OB(O)c1ccc(CN2C[C@H]3C[C@@H]2CO3)cc1. The summed E-state index contributed by atoms with van der Waals surface area (Å²) in [5.74, 6) is 0. The summed E-state index contributed by atoms with van der Waals surface area (Å²) in [7, 11) is -1.37. The van der Waals surface area contributed by atoms with Crippen LogP contribution in [-0.4, -0.2) is 47.4 Å². The third kappa shape index (κ3) is 2.24. The molecule has 2 heterocycles. The zero-order valence-corrected chi connectivity index (χ0v) is 9.62. The molecule has 3 rings (SSSR count). The van der Waals surface area contributed by atoms with Gasteiger partial charge in [0.15, 0.2) is 0 Å². The molecule has 0 saturated carbocycles. The van der Waals surface area contributed by atoms with Gasteiger partial charge in [-0.15, -0.1) is 0 Å². The predicted molar refractivity (Wildman–Crippen MR) is 64.8 cm³/mol. The molecule has 4 nitrogen and oxygen atoms in total. The summed E-state index contributed by atoms with van der Waals surface area (Å²) in [5, 5.41) is 18.0. The lowest BCUT2D eigenvalue weighted by molar-refractivity contribution is 0.0273. The molecular weight excluding hydrogens is 217 g/mol. The summed E-state index contributed by atoms with van der Waals surface area (Å²) in [6, 6.07) is 8.03. The molecule has 0 aliphatic carbocycles. The highest BCUT2D eigenvalue weighted by atomic mass is 16.5. The molecule has 0 amide bonds. The minimum atomic E-state index is -1.37. The Kier molecular flexibility index (Phi) is 2.92. The van der Waals surface area contributed by atoms with Crippen molar-refractivity contribution in [1.82, 2.24) is 4.90 Å². The van der Waals surface area contributed by atoms with Crippen molar-refractivity contribution in [1.29, 1.82) is 0 Å². The number of fused-ring (bicyclic) bond motifs is 2. The number of likely N-dealkylation sites (tertiary alicyclic amines) is 1. The molecule has 2 saturated heterocycles. The highest BCUT2D eigenvalue weighted by molar-refractivity contribution is 6.58. The topological polar surface area (TPSA) is 52.9 Å². The first kappa shape index (κ1) is 11.2. The summed E-state index contributed by atoms with van der Waals surface area (Å²) in [6.07, 6.45) is 1.59. The molecule has 2 bridgehead atoms. The van der Waals surface area contributed by atoms with Crippen molar-refractivity contribution in [3.05, 3.63) is 29.8 Å². The Balaban J connectivity index is 1.65. The molecule has 2 atom stereocenters. The van der Waals surface area contributed by atoms with Gasteiger partial charge in [-0.2, -0.15) is 0 Å². The van der Waals surface area contributed by atoms with Gasteiger partial charge < -0.3 is 14.8 Å². The average Bonchev–Trinajstić information content (AvgIpc) is 2.91. The maximum Gasteiger partial charge on any atom is 0.488 e. The molecule has 0 aromatic heterocycles. The van der Waals surface area contributed by atoms with Gasteiger partial charge in [-0.3, -0.25) is 4.90 Å². The summed E-state index contributed by atoms with van der Waals surface area (Å²) in [5.41, 5.74) is 1.75. The first-order valence-electron chi connectivity index (χ1n) is 6.03. The van der Waals surface area contributed by atoms with E-state index in [9.17, 15) is 0 Å². The van der Waals surface area contributed by atoms with Crippen LogP contribution in [0.25, 0.3) is 0 Å². The second-order valence-electron chi connectivity index (χ2n) is 4.89. The molecule has 2 aliphatic rings. The van der Waals surface area contributed by atoms with E-state index in [-0.39, 0.29) is 0 Å². The molecule has 1 aromatic carbocycles. The Hall–Kier alpha value is -0.875. The zero-order chi connectivity index (χ0) is 11.8. The number of benzene rings is 1. The molecule has 1 aromatic rings. The fourth-order valence-electron chi connectivity index (χ4n) is 2.70. The highest BCUT2D eigenvalue weighted by Crippen LogP contribution is 2.28. The number of hydrogen-bond donors (Lipinski definition) is 2. The van der Waals surface area contributed by atoms with Gasteiger partial charge in [0, 0.05) is 19.1 Å². The van der Waals surface area contributed by atoms with E-state index in [0.717, 1.165) is 26.1 Å². The predicted octanol–water partition coefficient (Wildman–Crippen LogP) is -0.660. The van der Waals surface area contributed by atoms with Crippen LogP contribution in [0.5, 0.6) is 0 Å². The smallest absolute Gasteiger partial charge is 0.423 e. The van der Waals surface area contributed by atoms with E-state index in [1.165, 1.54) is 5.56 Å². The Bertz CT molecular complexity index is 395. The maximum absolute atomic E-state index is 9.01. The summed E-state index contributed by atoms with van der Waals surface area (Å²) < 4.78 is 5.56. The summed E-state index contributed by atoms with van der Waals surface area (Å²) in [6.45, 7) is 2.81. The van der Waals surface area contributed by atoms with E-state index < -0.39 is 7.12 Å². The van der Waals surface area contributed by atoms with E-state index in [2.05, 4.69) is 4.90 Å². The van der Waals surface area contributed by atoms with Crippen molar-refractivity contribution in [2.24, 2.45) is 0 Å². The maximum atomic E-state index is 9.01. The lowest BCUT2D eigenvalue weighted by Gasteiger charge is -2.26. The number of hydrogen-bond acceptors (Lipinski definition) is 4. The fourth-order valence-corrected chi connectivity index (χ4v) is 2.70. The van der Waals surface area contributed by atoms with E-state index in [1.54, 1.807) is 12.1 Å². The van der Waals surface area contributed by atoms with Crippen molar-refractivity contribution in [2.75, 3.05) is 13.2 Å². The van der Waals surface area contributed by atoms with Crippen LogP contribution in [0.2, 0.25) is 0 Å². The quantitative estimate of drug-likeness (QED) is 0.680. The first-order valence-corrected chi connectivity index (χ1v) is 6.03. The second-order valence-corrected chi connectivity index (χ2v) is 4.89. The second kappa shape index (κ2) is 4.42. The molecule has 2 N–H and O–H groups in total. The van der Waals surface area contributed by atoms with Crippen LogP contribution < -0.4 is 5.46 Å². The van der Waals surface area contributed by atoms with Crippen molar-refractivity contribution >= 4 is 12.6 Å². The largest absolute Gasteiger partial charge is 0.488 e. The monoisotopic (exact) mass is 233 g/mol. The van der Waals surface area contributed by atoms with Crippen molar-refractivity contribution in [3.63, 3.8) is 0 Å². The van der Waals surface area contributed by atoms with Crippen LogP contribution in [0.3, 0.4) is 0 Å². The molecular formula is C12H16BNO3. The van der Waals surface area contributed by atoms with E-state index in [1.807, 2.05) is 12.1 Å². The van der Waals surface area contributed by atoms with Crippen LogP contribution in [-0.2, 0) is 11.3 Å². The first-order chi connectivity index (χ1) is 8.22. The molecule has 0 unspecified atom stereocenters. The van der Waals surface area contributed by atoms with Gasteiger partial charge >= 0.3 is 7.12 Å². The van der Waals surface area contributed by atoms with Crippen molar-refractivity contribution < 1.29 is 14.8 Å². The Morgan fingerprint density at radius 2 is 2.06 bits per heavy atom. The van der Waals surface area contributed by atoms with Gasteiger partial charge in [0.05, 0.1) is 12.7 Å². The molecule has 2 fully saturated rings. The molecule has 2 aliphatic heterocycles. The lowest BCUT2D eigenvalue weighted by atomic mass is 9.80.